The van der Waals surface area contributed by atoms with Gasteiger partial charge in [0, 0.05) is 10.0 Å². The number of carbonyl (C=O) groups excluding carboxylic acids is 2. The first-order chi connectivity index (χ1) is 18.5. The summed E-state index contributed by atoms with van der Waals surface area (Å²) < 4.78 is 25.3. The van der Waals surface area contributed by atoms with E-state index in [4.69, 9.17) is 42.1 Å². The van der Waals surface area contributed by atoms with Crippen molar-refractivity contribution in [3.05, 3.63) is 93.5 Å². The van der Waals surface area contributed by atoms with Gasteiger partial charge in [0.15, 0.2) is 11.4 Å². The summed E-state index contributed by atoms with van der Waals surface area (Å²) in [6, 6.07) is 17.2. The monoisotopic (exact) mass is 556 g/mol. The molecule has 4 aromatic rings. The Morgan fingerprint density at radius 1 is 0.605 bits per heavy atom. The second-order valence-electron chi connectivity index (χ2n) is 8.20. The number of nitrogens with zero attached hydrogens (tertiary/aromatic N) is 4. The van der Waals surface area contributed by atoms with Gasteiger partial charge in [-0.05, 0) is 60.7 Å². The van der Waals surface area contributed by atoms with E-state index < -0.39 is 11.9 Å². The Morgan fingerprint density at radius 2 is 1.00 bits per heavy atom. The third kappa shape index (κ3) is 6.05. The lowest BCUT2D eigenvalue weighted by atomic mass is 10.3. The van der Waals surface area contributed by atoms with Crippen LogP contribution in [0.3, 0.4) is 0 Å². The zero-order valence-corrected chi connectivity index (χ0v) is 21.5. The smallest absolute Gasteiger partial charge is 0.358 e. The molecule has 2 aromatic carbocycles. The minimum Gasteiger partial charge on any atom is -0.457 e. The number of esters is 2. The fourth-order valence-corrected chi connectivity index (χ4v) is 4.00. The van der Waals surface area contributed by atoms with E-state index >= 15 is 0 Å². The standard InChI is InChI=1S/C26H22Cl2N4O6/c27-17-1-5-19(6-2-17)31-21-13-23(29-31)25(33)37-11-12-38-26(34)24-14-22(16-36-10-9-35-15-21)32(30-24)20-7-3-18(28)4-8-20/h1-8,13-14H,9-12,15-16H2. The minimum atomic E-state index is -0.659. The molecule has 10 nitrogen and oxygen atoms in total. The van der Waals surface area contributed by atoms with E-state index in [1.807, 2.05) is 0 Å². The summed E-state index contributed by atoms with van der Waals surface area (Å²) in [5.41, 5.74) is 2.86. The van der Waals surface area contributed by atoms with Gasteiger partial charge in [0.25, 0.3) is 0 Å². The van der Waals surface area contributed by atoms with Crippen molar-refractivity contribution in [2.24, 2.45) is 0 Å². The largest absolute Gasteiger partial charge is 0.457 e. The summed E-state index contributed by atoms with van der Waals surface area (Å²) >= 11 is 12.0. The van der Waals surface area contributed by atoms with Gasteiger partial charge in [-0.2, -0.15) is 10.2 Å². The van der Waals surface area contributed by atoms with E-state index in [1.54, 1.807) is 70.0 Å². The Bertz CT molecular complexity index is 1320. The number of benzene rings is 2. The molecule has 1 aliphatic heterocycles. The van der Waals surface area contributed by atoms with E-state index in [0.717, 1.165) is 0 Å². The van der Waals surface area contributed by atoms with Crippen molar-refractivity contribution in [1.29, 1.82) is 0 Å². The average molecular weight is 557 g/mol. The van der Waals surface area contributed by atoms with Crippen molar-refractivity contribution < 1.29 is 28.5 Å². The number of hydrogen-bond acceptors (Lipinski definition) is 8. The number of halogens is 2. The normalized spacial score (nSPS) is 15.3. The zero-order chi connectivity index (χ0) is 26.5. The van der Waals surface area contributed by atoms with E-state index in [-0.39, 0.29) is 51.0 Å². The molecule has 2 aromatic heterocycles. The highest BCUT2D eigenvalue weighted by molar-refractivity contribution is 6.30. The van der Waals surface area contributed by atoms with Gasteiger partial charge in [-0.15, -0.1) is 0 Å². The molecule has 12 heteroatoms. The molecule has 0 amide bonds. The van der Waals surface area contributed by atoms with Crippen LogP contribution >= 0.6 is 23.2 Å². The van der Waals surface area contributed by atoms with Crippen LogP contribution in [-0.4, -0.2) is 57.9 Å². The molecule has 4 bridgehead atoms. The molecule has 0 N–H and O–H groups in total. The molecule has 0 radical (unpaired) electrons. The third-order valence-electron chi connectivity index (χ3n) is 5.55. The molecule has 0 spiro atoms. The van der Waals surface area contributed by atoms with Gasteiger partial charge < -0.3 is 18.9 Å². The molecule has 1 aliphatic rings. The van der Waals surface area contributed by atoms with Crippen LogP contribution in [0, 0.1) is 0 Å². The number of carbonyl (C=O) groups is 2. The Kier molecular flexibility index (Phi) is 8.04. The van der Waals surface area contributed by atoms with Crippen LogP contribution in [-0.2, 0) is 32.2 Å². The summed E-state index contributed by atoms with van der Waals surface area (Å²) in [6.07, 6.45) is 0. The summed E-state index contributed by atoms with van der Waals surface area (Å²) in [4.78, 5) is 25.3. The lowest BCUT2D eigenvalue weighted by molar-refractivity contribution is 0.0257. The van der Waals surface area contributed by atoms with Crippen LogP contribution in [0.25, 0.3) is 11.4 Å². The SMILES string of the molecule is O=C1OCCOC(=O)c2cc(n(-c3ccc(Cl)cc3)n2)COCCOCc2cc1nn2-c1ccc(Cl)cc1. The van der Waals surface area contributed by atoms with Crippen LogP contribution in [0.4, 0.5) is 0 Å². The quantitative estimate of drug-likeness (QED) is 0.334. The Labute approximate surface area is 227 Å². The van der Waals surface area contributed by atoms with E-state index in [0.29, 0.717) is 32.8 Å². The Morgan fingerprint density at radius 3 is 1.39 bits per heavy atom. The predicted molar refractivity (Wildman–Crippen MR) is 137 cm³/mol. The highest BCUT2D eigenvalue weighted by atomic mass is 35.5. The van der Waals surface area contributed by atoms with E-state index in [1.165, 1.54) is 0 Å². The number of aromatic nitrogens is 4. The van der Waals surface area contributed by atoms with Gasteiger partial charge in [-0.3, -0.25) is 0 Å². The van der Waals surface area contributed by atoms with Crippen LogP contribution < -0.4 is 0 Å². The third-order valence-corrected chi connectivity index (χ3v) is 6.05. The molecule has 0 atom stereocenters. The first kappa shape index (κ1) is 25.9. The van der Waals surface area contributed by atoms with Crippen molar-refractivity contribution in [3.63, 3.8) is 0 Å². The maximum atomic E-state index is 12.6. The maximum Gasteiger partial charge on any atom is 0.358 e. The lowest BCUT2D eigenvalue weighted by Gasteiger charge is -2.10. The highest BCUT2D eigenvalue weighted by Crippen LogP contribution is 2.19. The molecule has 0 fully saturated rings. The van der Waals surface area contributed by atoms with Crippen molar-refractivity contribution in [3.8, 4) is 11.4 Å². The lowest BCUT2D eigenvalue weighted by Crippen LogP contribution is -2.15. The topological polar surface area (TPSA) is 107 Å². The van der Waals surface area contributed by atoms with Crippen LogP contribution in [0.1, 0.15) is 32.4 Å². The Hall–Kier alpha value is -3.70. The van der Waals surface area contributed by atoms with Gasteiger partial charge in [-0.25, -0.2) is 19.0 Å². The van der Waals surface area contributed by atoms with Crippen LogP contribution in [0.5, 0.6) is 0 Å². The summed E-state index contributed by atoms with van der Waals surface area (Å²) in [7, 11) is 0. The second kappa shape index (κ2) is 11.8. The second-order valence-corrected chi connectivity index (χ2v) is 9.07. The molecule has 0 saturated carbocycles. The minimum absolute atomic E-state index is 0.0913. The molecular weight excluding hydrogens is 535 g/mol. The van der Waals surface area contributed by atoms with Gasteiger partial charge in [0.05, 0.1) is 49.2 Å². The first-order valence-electron chi connectivity index (χ1n) is 11.7. The molecule has 196 valence electrons. The average Bonchev–Trinajstić information content (AvgIpc) is 3.54. The van der Waals surface area contributed by atoms with Crippen LogP contribution in [0.15, 0.2) is 60.7 Å². The molecule has 0 unspecified atom stereocenters. The van der Waals surface area contributed by atoms with Crippen molar-refractivity contribution in [2.75, 3.05) is 26.4 Å². The number of rotatable bonds is 2. The maximum absolute atomic E-state index is 12.6. The van der Waals surface area contributed by atoms with Gasteiger partial charge >= 0.3 is 11.9 Å². The highest BCUT2D eigenvalue weighted by Gasteiger charge is 2.20. The zero-order valence-electron chi connectivity index (χ0n) is 20.0. The number of ether oxygens (including phenoxy) is 4. The fraction of sp³-hybridized carbons (Fsp3) is 0.231. The van der Waals surface area contributed by atoms with Crippen molar-refractivity contribution in [2.45, 2.75) is 13.2 Å². The number of hydrogen-bond donors (Lipinski definition) is 0. The van der Waals surface area contributed by atoms with Gasteiger partial charge in [0.1, 0.15) is 13.2 Å². The molecule has 5 rings (SSSR count). The molecule has 0 saturated heterocycles. The molecule has 0 aliphatic carbocycles. The van der Waals surface area contributed by atoms with E-state index in [9.17, 15) is 9.59 Å². The van der Waals surface area contributed by atoms with Crippen molar-refractivity contribution in [1.82, 2.24) is 19.6 Å². The summed E-state index contributed by atoms with van der Waals surface area (Å²) in [5, 5.41) is 9.91. The van der Waals surface area contributed by atoms with E-state index in [2.05, 4.69) is 10.2 Å². The molecule has 3 heterocycles. The molecular formula is C26H22Cl2N4O6. The summed E-state index contributed by atoms with van der Waals surface area (Å²) in [5.74, 6) is -1.32. The Balaban J connectivity index is 1.36. The van der Waals surface area contributed by atoms with Crippen LogP contribution in [0.2, 0.25) is 10.0 Å². The molecule has 38 heavy (non-hydrogen) atoms. The fourth-order valence-electron chi connectivity index (χ4n) is 3.74. The number of fused-ring (bicyclic) bond motifs is 4. The van der Waals surface area contributed by atoms with Gasteiger partial charge in [0.2, 0.25) is 0 Å². The van der Waals surface area contributed by atoms with Gasteiger partial charge in [-0.1, -0.05) is 23.2 Å². The number of cyclic esters (lactones) is 2. The van der Waals surface area contributed by atoms with Crippen molar-refractivity contribution >= 4 is 35.1 Å². The predicted octanol–water partition coefficient (Wildman–Crippen LogP) is 4.43. The summed E-state index contributed by atoms with van der Waals surface area (Å²) in [6.45, 7) is 0.592. The first-order valence-corrected chi connectivity index (χ1v) is 12.4.